The maximum Gasteiger partial charge on any atom is 0.225 e. The lowest BCUT2D eigenvalue weighted by Gasteiger charge is -2.30. The first kappa shape index (κ1) is 16.4. The van der Waals surface area contributed by atoms with Crippen molar-refractivity contribution in [3.8, 4) is 0 Å². The minimum absolute atomic E-state index is 0.110. The van der Waals surface area contributed by atoms with Gasteiger partial charge in [-0.15, -0.1) is 10.2 Å². The molecule has 23 heavy (non-hydrogen) atoms. The Bertz CT molecular complexity index is 699. The van der Waals surface area contributed by atoms with Crippen molar-refractivity contribution in [2.75, 3.05) is 19.3 Å². The highest BCUT2D eigenvalue weighted by molar-refractivity contribution is 7.88. The van der Waals surface area contributed by atoms with E-state index in [0.717, 1.165) is 31.0 Å². The molecule has 0 saturated carbocycles. The molecule has 3 heterocycles. The fourth-order valence-corrected chi connectivity index (χ4v) is 4.26. The van der Waals surface area contributed by atoms with Gasteiger partial charge in [0.25, 0.3) is 0 Å². The topological polar surface area (TPSA) is 97.2 Å². The zero-order valence-corrected chi connectivity index (χ0v) is 14.3. The average molecular weight is 341 g/mol. The standard InChI is InChI=1S/C14H23N5O3S/c1-10(13-17-16-12-6-4-8-19(12)13)15-14(20)11-5-3-7-18(9-11)23(2,21)22/h10-11H,3-9H2,1-2H3,(H,15,20)/t10-,11+/m0/s1. The smallest absolute Gasteiger partial charge is 0.225 e. The molecule has 2 aliphatic heterocycles. The lowest BCUT2D eigenvalue weighted by Crippen LogP contribution is -2.45. The number of nitrogens with one attached hydrogen (secondary N) is 1. The number of fused-ring (bicyclic) bond motifs is 1. The summed E-state index contributed by atoms with van der Waals surface area (Å²) in [7, 11) is -3.25. The Kier molecular flexibility index (Phi) is 4.41. The minimum Gasteiger partial charge on any atom is -0.346 e. The predicted octanol–water partition coefficient (Wildman–Crippen LogP) is 0.0731. The highest BCUT2D eigenvalue weighted by Gasteiger charge is 2.31. The molecule has 1 N–H and O–H groups in total. The molecule has 0 unspecified atom stereocenters. The van der Waals surface area contributed by atoms with Gasteiger partial charge in [-0.2, -0.15) is 0 Å². The van der Waals surface area contributed by atoms with Crippen LogP contribution in [-0.2, 0) is 27.8 Å². The van der Waals surface area contributed by atoms with Gasteiger partial charge in [-0.05, 0) is 26.2 Å². The molecule has 0 spiro atoms. The predicted molar refractivity (Wildman–Crippen MR) is 84.0 cm³/mol. The van der Waals surface area contributed by atoms with Gasteiger partial charge in [0.05, 0.1) is 18.2 Å². The fraction of sp³-hybridized carbons (Fsp3) is 0.786. The summed E-state index contributed by atoms with van der Waals surface area (Å²) in [6.45, 7) is 3.54. The van der Waals surface area contributed by atoms with Gasteiger partial charge in [0.1, 0.15) is 5.82 Å². The van der Waals surface area contributed by atoms with Crippen molar-refractivity contribution in [1.82, 2.24) is 24.4 Å². The Labute approximate surface area is 136 Å². The number of sulfonamides is 1. The summed E-state index contributed by atoms with van der Waals surface area (Å²) in [5.74, 6) is 1.34. The van der Waals surface area contributed by atoms with Crippen molar-refractivity contribution in [2.45, 2.75) is 45.2 Å². The van der Waals surface area contributed by atoms with Crippen LogP contribution in [0.25, 0.3) is 0 Å². The summed E-state index contributed by atoms with van der Waals surface area (Å²) in [6.07, 6.45) is 4.60. The molecular formula is C14H23N5O3S. The molecule has 1 amide bonds. The summed E-state index contributed by atoms with van der Waals surface area (Å²) in [6, 6.07) is -0.226. The van der Waals surface area contributed by atoms with Crippen molar-refractivity contribution in [3.63, 3.8) is 0 Å². The normalized spacial score (nSPS) is 23.5. The van der Waals surface area contributed by atoms with E-state index in [1.54, 1.807) is 0 Å². The Morgan fingerprint density at radius 1 is 1.30 bits per heavy atom. The molecule has 1 fully saturated rings. The number of carbonyl (C=O) groups excluding carboxylic acids is 1. The maximum atomic E-state index is 12.5. The number of hydrogen-bond donors (Lipinski definition) is 1. The molecule has 1 saturated heterocycles. The van der Waals surface area contributed by atoms with Crippen LogP contribution >= 0.6 is 0 Å². The third kappa shape index (κ3) is 3.40. The zero-order valence-electron chi connectivity index (χ0n) is 13.5. The number of rotatable bonds is 4. The fourth-order valence-electron chi connectivity index (χ4n) is 3.35. The minimum atomic E-state index is -3.25. The number of amides is 1. The van der Waals surface area contributed by atoms with E-state index in [2.05, 4.69) is 20.1 Å². The Hall–Kier alpha value is -1.48. The molecule has 0 aromatic carbocycles. The number of nitrogens with zero attached hydrogens (tertiary/aromatic N) is 4. The Morgan fingerprint density at radius 3 is 2.83 bits per heavy atom. The van der Waals surface area contributed by atoms with Gasteiger partial charge >= 0.3 is 0 Å². The molecule has 2 atom stereocenters. The van der Waals surface area contributed by atoms with E-state index in [0.29, 0.717) is 19.4 Å². The number of aromatic nitrogens is 3. The highest BCUT2D eigenvalue weighted by Crippen LogP contribution is 2.22. The van der Waals surface area contributed by atoms with E-state index in [1.165, 1.54) is 10.6 Å². The van der Waals surface area contributed by atoms with E-state index < -0.39 is 10.0 Å². The van der Waals surface area contributed by atoms with Crippen molar-refractivity contribution in [1.29, 1.82) is 0 Å². The maximum absolute atomic E-state index is 12.5. The third-order valence-electron chi connectivity index (χ3n) is 4.61. The molecule has 0 bridgehead atoms. The van der Waals surface area contributed by atoms with Gasteiger partial charge in [-0.1, -0.05) is 0 Å². The van der Waals surface area contributed by atoms with E-state index in [9.17, 15) is 13.2 Å². The quantitative estimate of drug-likeness (QED) is 0.836. The second-order valence-electron chi connectivity index (χ2n) is 6.42. The van der Waals surface area contributed by atoms with Gasteiger partial charge < -0.3 is 9.88 Å². The van der Waals surface area contributed by atoms with Crippen LogP contribution in [0.2, 0.25) is 0 Å². The van der Waals surface area contributed by atoms with Crippen LogP contribution in [0, 0.1) is 5.92 Å². The molecular weight excluding hydrogens is 318 g/mol. The van der Waals surface area contributed by atoms with Crippen molar-refractivity contribution >= 4 is 15.9 Å². The summed E-state index contributed by atoms with van der Waals surface area (Å²) in [4.78, 5) is 12.5. The van der Waals surface area contributed by atoms with E-state index in [4.69, 9.17) is 0 Å². The van der Waals surface area contributed by atoms with Gasteiger partial charge in [0.2, 0.25) is 15.9 Å². The summed E-state index contributed by atoms with van der Waals surface area (Å²) in [5.41, 5.74) is 0. The highest BCUT2D eigenvalue weighted by atomic mass is 32.2. The van der Waals surface area contributed by atoms with Crippen LogP contribution in [0.15, 0.2) is 0 Å². The summed E-state index contributed by atoms with van der Waals surface area (Å²) in [5, 5.41) is 11.3. The first-order valence-corrected chi connectivity index (χ1v) is 9.88. The first-order valence-electron chi connectivity index (χ1n) is 8.03. The lowest BCUT2D eigenvalue weighted by atomic mass is 9.98. The van der Waals surface area contributed by atoms with Gasteiger partial charge in [-0.3, -0.25) is 4.79 Å². The SMILES string of the molecule is C[C@H](NC(=O)[C@@H]1CCCN(S(C)(=O)=O)C1)c1nnc2n1CCC2. The molecule has 8 nitrogen and oxygen atoms in total. The van der Waals surface area contributed by atoms with Gasteiger partial charge in [-0.25, -0.2) is 12.7 Å². The number of carbonyl (C=O) groups is 1. The molecule has 0 aliphatic carbocycles. The third-order valence-corrected chi connectivity index (χ3v) is 5.88. The summed E-state index contributed by atoms with van der Waals surface area (Å²) < 4.78 is 26.8. The second-order valence-corrected chi connectivity index (χ2v) is 8.40. The largest absolute Gasteiger partial charge is 0.346 e. The number of hydrogen-bond acceptors (Lipinski definition) is 5. The number of aryl methyl sites for hydroxylation is 1. The Balaban J connectivity index is 1.64. The monoisotopic (exact) mass is 341 g/mol. The Morgan fingerprint density at radius 2 is 2.09 bits per heavy atom. The van der Waals surface area contributed by atoms with Crippen LogP contribution < -0.4 is 5.32 Å². The van der Waals surface area contributed by atoms with E-state index in [1.807, 2.05) is 6.92 Å². The molecule has 2 aliphatic rings. The summed E-state index contributed by atoms with van der Waals surface area (Å²) >= 11 is 0. The molecule has 3 rings (SSSR count). The molecule has 128 valence electrons. The average Bonchev–Trinajstić information content (AvgIpc) is 3.09. The van der Waals surface area contributed by atoms with Crippen LogP contribution in [0.3, 0.4) is 0 Å². The molecule has 1 aromatic rings. The van der Waals surface area contributed by atoms with E-state index in [-0.39, 0.29) is 24.4 Å². The van der Waals surface area contributed by atoms with Crippen LogP contribution in [-0.4, -0.2) is 52.7 Å². The molecule has 1 aromatic heterocycles. The first-order chi connectivity index (χ1) is 10.9. The lowest BCUT2D eigenvalue weighted by molar-refractivity contribution is -0.126. The van der Waals surface area contributed by atoms with E-state index >= 15 is 0 Å². The molecule has 9 heteroatoms. The van der Waals surface area contributed by atoms with Crippen LogP contribution in [0.1, 0.15) is 43.9 Å². The van der Waals surface area contributed by atoms with Crippen molar-refractivity contribution < 1.29 is 13.2 Å². The van der Waals surface area contributed by atoms with Crippen molar-refractivity contribution in [2.24, 2.45) is 5.92 Å². The zero-order chi connectivity index (χ0) is 16.6. The second kappa shape index (κ2) is 6.20. The van der Waals surface area contributed by atoms with Crippen molar-refractivity contribution in [3.05, 3.63) is 11.6 Å². The van der Waals surface area contributed by atoms with Crippen LogP contribution in [0.4, 0.5) is 0 Å². The number of piperidine rings is 1. The van der Waals surface area contributed by atoms with Gasteiger partial charge in [0.15, 0.2) is 5.82 Å². The van der Waals surface area contributed by atoms with Crippen LogP contribution in [0.5, 0.6) is 0 Å². The molecule has 0 radical (unpaired) electrons. The van der Waals surface area contributed by atoms with Gasteiger partial charge in [0, 0.05) is 26.1 Å².